The normalized spacial score (nSPS) is 16.4. The first-order valence-electron chi connectivity index (χ1n) is 9.93. The number of imide groups is 1. The summed E-state index contributed by atoms with van der Waals surface area (Å²) in [6.45, 7) is 3.59. The minimum Gasteiger partial charge on any atom is -0.496 e. The summed E-state index contributed by atoms with van der Waals surface area (Å²) in [5.74, 6) is -0.594. The van der Waals surface area contributed by atoms with E-state index >= 15 is 0 Å². The molecule has 1 aliphatic rings. The van der Waals surface area contributed by atoms with Crippen LogP contribution in [0.1, 0.15) is 21.5 Å². The van der Waals surface area contributed by atoms with Crippen LogP contribution in [0.5, 0.6) is 5.75 Å². The lowest BCUT2D eigenvalue weighted by atomic mass is 10.00. The molecule has 2 amide bonds. The van der Waals surface area contributed by atoms with E-state index in [0.29, 0.717) is 6.42 Å². The molecule has 2 aromatic rings. The number of nitro groups is 1. The van der Waals surface area contributed by atoms with E-state index in [-0.39, 0.29) is 33.7 Å². The van der Waals surface area contributed by atoms with Gasteiger partial charge in [-0.15, -0.1) is 0 Å². The van der Waals surface area contributed by atoms with Gasteiger partial charge < -0.3 is 9.47 Å². The molecule has 0 aromatic heterocycles. The molecule has 1 heterocycles. The molecule has 9 heteroatoms. The van der Waals surface area contributed by atoms with Crippen LogP contribution in [0, 0.1) is 10.1 Å². The highest BCUT2D eigenvalue weighted by atomic mass is 79.9. The third kappa shape index (κ3) is 5.20. The van der Waals surface area contributed by atoms with E-state index in [9.17, 15) is 19.7 Å². The van der Waals surface area contributed by atoms with Crippen molar-refractivity contribution in [2.75, 3.05) is 13.7 Å². The number of carbonyl (C=O) groups excluding carboxylic acids is 2. The van der Waals surface area contributed by atoms with Gasteiger partial charge >= 0.3 is 6.09 Å². The minimum absolute atomic E-state index is 0.0302. The first kappa shape index (κ1) is 23.9. The molecule has 3 rings (SSSR count). The summed E-state index contributed by atoms with van der Waals surface area (Å²) in [6.07, 6.45) is 4.00. The molecule has 33 heavy (non-hydrogen) atoms. The number of carbonyl (C=O) groups is 2. The van der Waals surface area contributed by atoms with Crippen molar-refractivity contribution in [3.8, 4) is 5.75 Å². The topological polar surface area (TPSA) is 99.0 Å². The number of halogens is 1. The van der Waals surface area contributed by atoms with Crippen LogP contribution < -0.4 is 4.74 Å². The Labute approximate surface area is 199 Å². The van der Waals surface area contributed by atoms with Gasteiger partial charge in [0.1, 0.15) is 17.9 Å². The van der Waals surface area contributed by atoms with Crippen molar-refractivity contribution in [2.45, 2.75) is 12.5 Å². The molecular weight excluding hydrogens is 492 g/mol. The minimum atomic E-state index is -0.799. The standard InChI is InChI=1S/C24H21BrN2O6/c1-3-4-12-19(25)22(27(30)31)21-18(11-8-13-20(21)32-2)23(28)26-17(15-33-24(26)29)14-16-9-6-5-7-10-16/h3-13,17H,1,14-15H2,2H3/b12-4-,22-19-. The van der Waals surface area contributed by atoms with Crippen LogP contribution in [-0.2, 0) is 11.2 Å². The van der Waals surface area contributed by atoms with Crippen molar-refractivity contribution < 1.29 is 24.0 Å². The molecule has 1 atom stereocenters. The summed E-state index contributed by atoms with van der Waals surface area (Å²) < 4.78 is 10.6. The number of hydrogen-bond donors (Lipinski definition) is 0. The molecule has 0 N–H and O–H groups in total. The van der Waals surface area contributed by atoms with Gasteiger partial charge in [-0.25, -0.2) is 9.69 Å². The zero-order valence-electron chi connectivity index (χ0n) is 17.8. The van der Waals surface area contributed by atoms with E-state index in [4.69, 9.17) is 9.47 Å². The van der Waals surface area contributed by atoms with Crippen molar-refractivity contribution in [3.63, 3.8) is 0 Å². The molecule has 0 aliphatic carbocycles. The molecule has 0 bridgehead atoms. The Morgan fingerprint density at radius 2 is 2.03 bits per heavy atom. The quantitative estimate of drug-likeness (QED) is 0.281. The first-order chi connectivity index (χ1) is 15.9. The van der Waals surface area contributed by atoms with Crippen LogP contribution in [0.15, 0.2) is 77.8 Å². The Balaban J connectivity index is 2.11. The zero-order chi connectivity index (χ0) is 24.0. The number of methoxy groups -OCH3 is 1. The number of hydrogen-bond acceptors (Lipinski definition) is 6. The van der Waals surface area contributed by atoms with Gasteiger partial charge in [0.05, 0.1) is 28.1 Å². The SMILES string of the molecule is C=C/C=C\C(Br)=C(/c1c(OC)cccc1C(=O)N1C(=O)OCC1Cc1ccccc1)[N+](=O)[O-]. The predicted molar refractivity (Wildman–Crippen MR) is 127 cm³/mol. The molecule has 1 unspecified atom stereocenters. The fraction of sp³-hybridized carbons (Fsp3) is 0.167. The smallest absolute Gasteiger partial charge is 0.417 e. The molecule has 1 fully saturated rings. The molecule has 170 valence electrons. The van der Waals surface area contributed by atoms with Gasteiger partial charge in [0.2, 0.25) is 0 Å². The number of allylic oxidation sites excluding steroid dienone is 4. The van der Waals surface area contributed by atoms with Gasteiger partial charge in [-0.05, 0) is 46.1 Å². The largest absolute Gasteiger partial charge is 0.496 e. The maximum absolute atomic E-state index is 13.6. The Hall–Kier alpha value is -3.72. The Bertz CT molecular complexity index is 1140. The Morgan fingerprint density at radius 3 is 2.67 bits per heavy atom. The first-order valence-corrected chi connectivity index (χ1v) is 10.7. The summed E-state index contributed by atoms with van der Waals surface area (Å²) in [7, 11) is 1.35. The molecule has 8 nitrogen and oxygen atoms in total. The van der Waals surface area contributed by atoms with Crippen LogP contribution in [0.25, 0.3) is 5.70 Å². The van der Waals surface area contributed by atoms with Gasteiger partial charge in [-0.3, -0.25) is 14.9 Å². The van der Waals surface area contributed by atoms with Crippen molar-refractivity contribution in [2.24, 2.45) is 0 Å². The Kier molecular flexibility index (Phi) is 7.78. The van der Waals surface area contributed by atoms with E-state index in [2.05, 4.69) is 22.5 Å². The average Bonchev–Trinajstić information content (AvgIpc) is 3.17. The predicted octanol–water partition coefficient (Wildman–Crippen LogP) is 4.98. The Morgan fingerprint density at radius 1 is 1.30 bits per heavy atom. The highest BCUT2D eigenvalue weighted by molar-refractivity contribution is 9.12. The van der Waals surface area contributed by atoms with Gasteiger partial charge in [0.25, 0.3) is 11.6 Å². The summed E-state index contributed by atoms with van der Waals surface area (Å²) in [4.78, 5) is 38.5. The van der Waals surface area contributed by atoms with E-state index in [1.165, 1.54) is 43.5 Å². The van der Waals surface area contributed by atoms with Crippen molar-refractivity contribution in [1.82, 2.24) is 4.90 Å². The average molecular weight is 513 g/mol. The van der Waals surface area contributed by atoms with Gasteiger partial charge in [-0.2, -0.15) is 0 Å². The number of benzene rings is 2. The lowest BCUT2D eigenvalue weighted by molar-refractivity contribution is -0.375. The summed E-state index contributed by atoms with van der Waals surface area (Å²) in [5.41, 5.74) is 0.435. The van der Waals surface area contributed by atoms with Crippen LogP contribution in [0.2, 0.25) is 0 Å². The second kappa shape index (κ2) is 10.7. The number of nitrogens with zero attached hydrogens (tertiary/aromatic N) is 2. The van der Waals surface area contributed by atoms with Crippen LogP contribution >= 0.6 is 15.9 Å². The van der Waals surface area contributed by atoms with E-state index in [1.54, 1.807) is 0 Å². The summed E-state index contributed by atoms with van der Waals surface area (Å²) in [5, 5.41) is 12.0. The van der Waals surface area contributed by atoms with E-state index in [1.807, 2.05) is 30.3 Å². The number of amides is 2. The van der Waals surface area contributed by atoms with Crippen molar-refractivity contribution >= 4 is 33.6 Å². The molecule has 1 saturated heterocycles. The summed E-state index contributed by atoms with van der Waals surface area (Å²) in [6, 6.07) is 13.3. The lowest BCUT2D eigenvalue weighted by Crippen LogP contribution is -2.40. The molecular formula is C24H21BrN2O6. The van der Waals surface area contributed by atoms with Gasteiger partial charge in [0, 0.05) is 0 Å². The summed E-state index contributed by atoms with van der Waals surface area (Å²) >= 11 is 3.21. The van der Waals surface area contributed by atoms with Gasteiger partial charge in [0.15, 0.2) is 0 Å². The second-order valence-electron chi connectivity index (χ2n) is 7.03. The fourth-order valence-corrected chi connectivity index (χ4v) is 4.02. The lowest BCUT2D eigenvalue weighted by Gasteiger charge is -2.21. The zero-order valence-corrected chi connectivity index (χ0v) is 19.4. The highest BCUT2D eigenvalue weighted by Gasteiger charge is 2.41. The fourth-order valence-electron chi connectivity index (χ4n) is 3.53. The monoisotopic (exact) mass is 512 g/mol. The highest BCUT2D eigenvalue weighted by Crippen LogP contribution is 2.36. The van der Waals surface area contributed by atoms with Crippen molar-refractivity contribution in [1.29, 1.82) is 0 Å². The molecule has 0 saturated carbocycles. The van der Waals surface area contributed by atoms with Crippen molar-refractivity contribution in [3.05, 3.63) is 105 Å². The third-order valence-corrected chi connectivity index (χ3v) is 5.63. The molecule has 0 spiro atoms. The third-order valence-electron chi connectivity index (χ3n) is 4.99. The second-order valence-corrected chi connectivity index (χ2v) is 7.88. The van der Waals surface area contributed by atoms with Crippen LogP contribution in [-0.4, -0.2) is 41.6 Å². The molecule has 1 aliphatic heterocycles. The maximum atomic E-state index is 13.6. The van der Waals surface area contributed by atoms with Gasteiger partial charge in [-0.1, -0.05) is 55.1 Å². The van der Waals surface area contributed by atoms with E-state index in [0.717, 1.165) is 10.5 Å². The maximum Gasteiger partial charge on any atom is 0.417 e. The van der Waals surface area contributed by atoms with Crippen LogP contribution in [0.3, 0.4) is 0 Å². The number of rotatable bonds is 8. The molecule has 0 radical (unpaired) electrons. The molecule has 2 aromatic carbocycles. The number of ether oxygens (including phenoxy) is 2. The van der Waals surface area contributed by atoms with E-state index < -0.39 is 23.0 Å². The number of cyclic esters (lactones) is 1. The van der Waals surface area contributed by atoms with Crippen LogP contribution in [0.4, 0.5) is 4.79 Å².